The molecule has 0 aliphatic carbocycles. The third kappa shape index (κ3) is 3.26. The van der Waals surface area contributed by atoms with E-state index in [-0.39, 0.29) is 0 Å². The van der Waals surface area contributed by atoms with Crippen LogP contribution < -0.4 is 0 Å². The van der Waals surface area contributed by atoms with E-state index in [9.17, 15) is 0 Å². The minimum absolute atomic E-state index is 0.946. The van der Waals surface area contributed by atoms with Crippen LogP contribution in [0.15, 0.2) is 22.8 Å². The second-order valence-electron chi connectivity index (χ2n) is 3.92. The van der Waals surface area contributed by atoms with E-state index in [1.54, 1.807) is 6.26 Å². The molecule has 0 amide bonds. The molecule has 15 heavy (non-hydrogen) atoms. The number of furan rings is 1. The molecule has 1 aliphatic heterocycles. The lowest BCUT2D eigenvalue weighted by atomic mass is 10.3. The van der Waals surface area contributed by atoms with E-state index in [2.05, 4.69) is 22.4 Å². The van der Waals surface area contributed by atoms with Crippen molar-refractivity contribution < 1.29 is 4.42 Å². The summed E-state index contributed by atoms with van der Waals surface area (Å²) in [7, 11) is 0. The topological polar surface area (TPSA) is 19.6 Å². The summed E-state index contributed by atoms with van der Waals surface area (Å²) < 4.78 is 5.34. The zero-order valence-electron chi connectivity index (χ0n) is 8.93. The smallest absolute Gasteiger partial charge is 0.117 e. The number of hydrogen-bond acceptors (Lipinski definition) is 4. The fourth-order valence-electron chi connectivity index (χ4n) is 1.94. The van der Waals surface area contributed by atoms with Gasteiger partial charge in [-0.3, -0.25) is 9.80 Å². The van der Waals surface area contributed by atoms with Crippen LogP contribution in [-0.2, 0) is 6.54 Å². The largest absolute Gasteiger partial charge is 0.468 e. The molecule has 2 rings (SSSR count). The molecule has 1 fully saturated rings. The van der Waals surface area contributed by atoms with Crippen molar-refractivity contribution in [3.05, 3.63) is 24.2 Å². The Morgan fingerprint density at radius 2 is 1.93 bits per heavy atom. The van der Waals surface area contributed by atoms with Crippen molar-refractivity contribution in [2.75, 3.05) is 38.5 Å². The van der Waals surface area contributed by atoms with Gasteiger partial charge in [-0.1, -0.05) is 0 Å². The standard InChI is InChI=1S/C11H18N2OS/c15-9-7-12-3-5-13(6-4-12)10-11-2-1-8-14-11/h1-2,8,15H,3-7,9-10H2. The van der Waals surface area contributed by atoms with Crippen molar-refractivity contribution in [3.8, 4) is 0 Å². The molecule has 1 aromatic heterocycles. The molecule has 0 aromatic carbocycles. The summed E-state index contributed by atoms with van der Waals surface area (Å²) >= 11 is 4.25. The minimum atomic E-state index is 0.946. The molecule has 4 heteroatoms. The first-order valence-electron chi connectivity index (χ1n) is 5.46. The average Bonchev–Trinajstić information content (AvgIpc) is 2.74. The summed E-state index contributed by atoms with van der Waals surface area (Å²) in [6.45, 7) is 6.63. The Labute approximate surface area is 96.4 Å². The Morgan fingerprint density at radius 3 is 2.53 bits per heavy atom. The molecular formula is C11H18N2OS. The first-order valence-corrected chi connectivity index (χ1v) is 6.09. The van der Waals surface area contributed by atoms with Crippen molar-refractivity contribution in [3.63, 3.8) is 0 Å². The summed E-state index contributed by atoms with van der Waals surface area (Å²) in [5, 5.41) is 0. The fourth-order valence-corrected chi connectivity index (χ4v) is 2.22. The van der Waals surface area contributed by atoms with Crippen molar-refractivity contribution in [2.24, 2.45) is 0 Å². The Morgan fingerprint density at radius 1 is 1.20 bits per heavy atom. The monoisotopic (exact) mass is 226 g/mol. The van der Waals surface area contributed by atoms with E-state index in [0.717, 1.165) is 50.8 Å². The molecule has 1 aliphatic rings. The van der Waals surface area contributed by atoms with Crippen molar-refractivity contribution in [2.45, 2.75) is 6.54 Å². The molecule has 1 aromatic rings. The SMILES string of the molecule is SCCN1CCN(Cc2ccco2)CC1. The molecule has 84 valence electrons. The van der Waals surface area contributed by atoms with Crippen LogP contribution in [0.1, 0.15) is 5.76 Å². The van der Waals surface area contributed by atoms with Crippen molar-refractivity contribution >= 4 is 12.6 Å². The van der Waals surface area contributed by atoms with Gasteiger partial charge in [-0.2, -0.15) is 12.6 Å². The quantitative estimate of drug-likeness (QED) is 0.782. The van der Waals surface area contributed by atoms with Crippen LogP contribution in [-0.4, -0.2) is 48.3 Å². The molecule has 1 saturated heterocycles. The third-order valence-electron chi connectivity index (χ3n) is 2.84. The molecule has 2 heterocycles. The fraction of sp³-hybridized carbons (Fsp3) is 0.636. The molecule has 0 atom stereocenters. The average molecular weight is 226 g/mol. The lowest BCUT2D eigenvalue weighted by molar-refractivity contribution is 0.126. The number of rotatable bonds is 4. The van der Waals surface area contributed by atoms with Gasteiger partial charge >= 0.3 is 0 Å². The maximum atomic E-state index is 5.34. The highest BCUT2D eigenvalue weighted by Gasteiger charge is 2.16. The number of nitrogens with zero attached hydrogens (tertiary/aromatic N) is 2. The summed E-state index contributed by atoms with van der Waals surface area (Å²) in [4.78, 5) is 4.90. The maximum Gasteiger partial charge on any atom is 0.117 e. The highest BCUT2D eigenvalue weighted by molar-refractivity contribution is 7.80. The Kier molecular flexibility index (Phi) is 4.11. The summed E-state index contributed by atoms with van der Waals surface area (Å²) in [5.41, 5.74) is 0. The van der Waals surface area contributed by atoms with Crippen LogP contribution in [0.5, 0.6) is 0 Å². The van der Waals surface area contributed by atoms with Gasteiger partial charge < -0.3 is 4.42 Å². The first kappa shape index (κ1) is 11.0. The Hall–Kier alpha value is -0.450. The van der Waals surface area contributed by atoms with Gasteiger partial charge in [0.1, 0.15) is 5.76 Å². The molecule has 0 saturated carbocycles. The molecular weight excluding hydrogens is 208 g/mol. The second-order valence-corrected chi connectivity index (χ2v) is 4.37. The van der Waals surface area contributed by atoms with Crippen LogP contribution >= 0.6 is 12.6 Å². The molecule has 0 radical (unpaired) electrons. The van der Waals surface area contributed by atoms with Crippen LogP contribution in [0.2, 0.25) is 0 Å². The van der Waals surface area contributed by atoms with E-state index in [4.69, 9.17) is 4.42 Å². The molecule has 0 N–H and O–H groups in total. The van der Waals surface area contributed by atoms with E-state index in [1.165, 1.54) is 0 Å². The van der Waals surface area contributed by atoms with Gasteiger partial charge in [0.25, 0.3) is 0 Å². The molecule has 0 unspecified atom stereocenters. The maximum absolute atomic E-state index is 5.34. The summed E-state index contributed by atoms with van der Waals surface area (Å²) in [5.74, 6) is 2.02. The van der Waals surface area contributed by atoms with Gasteiger partial charge in [-0.05, 0) is 12.1 Å². The van der Waals surface area contributed by atoms with E-state index in [1.807, 2.05) is 12.1 Å². The Balaban J connectivity index is 1.74. The Bertz CT molecular complexity index is 268. The van der Waals surface area contributed by atoms with E-state index in [0.29, 0.717) is 0 Å². The highest BCUT2D eigenvalue weighted by Crippen LogP contribution is 2.08. The van der Waals surface area contributed by atoms with Crippen molar-refractivity contribution in [1.82, 2.24) is 9.80 Å². The van der Waals surface area contributed by atoms with Gasteiger partial charge in [-0.25, -0.2) is 0 Å². The lowest BCUT2D eigenvalue weighted by Crippen LogP contribution is -2.46. The van der Waals surface area contributed by atoms with Gasteiger partial charge in [0, 0.05) is 38.5 Å². The van der Waals surface area contributed by atoms with Crippen LogP contribution in [0.3, 0.4) is 0 Å². The third-order valence-corrected chi connectivity index (χ3v) is 3.04. The molecule has 0 bridgehead atoms. The van der Waals surface area contributed by atoms with Gasteiger partial charge in [0.15, 0.2) is 0 Å². The first-order chi connectivity index (χ1) is 7.38. The van der Waals surface area contributed by atoms with Crippen molar-refractivity contribution in [1.29, 1.82) is 0 Å². The van der Waals surface area contributed by atoms with Gasteiger partial charge in [0.2, 0.25) is 0 Å². The zero-order valence-corrected chi connectivity index (χ0v) is 9.83. The van der Waals surface area contributed by atoms with Crippen LogP contribution in [0.25, 0.3) is 0 Å². The second kappa shape index (κ2) is 5.58. The summed E-state index contributed by atoms with van der Waals surface area (Å²) in [6, 6.07) is 3.99. The molecule has 3 nitrogen and oxygen atoms in total. The molecule has 0 spiro atoms. The van der Waals surface area contributed by atoms with Gasteiger partial charge in [0.05, 0.1) is 12.8 Å². The van der Waals surface area contributed by atoms with Gasteiger partial charge in [-0.15, -0.1) is 0 Å². The zero-order chi connectivity index (χ0) is 10.5. The van der Waals surface area contributed by atoms with Crippen LogP contribution in [0, 0.1) is 0 Å². The number of hydrogen-bond donors (Lipinski definition) is 1. The minimum Gasteiger partial charge on any atom is -0.468 e. The highest BCUT2D eigenvalue weighted by atomic mass is 32.1. The number of thiol groups is 1. The normalized spacial score (nSPS) is 19.5. The predicted octanol–water partition coefficient (Wildman–Crippen LogP) is 1.33. The van der Waals surface area contributed by atoms with Crippen LogP contribution in [0.4, 0.5) is 0 Å². The van der Waals surface area contributed by atoms with E-state index < -0.39 is 0 Å². The van der Waals surface area contributed by atoms with E-state index >= 15 is 0 Å². The lowest BCUT2D eigenvalue weighted by Gasteiger charge is -2.33. The summed E-state index contributed by atoms with van der Waals surface area (Å²) in [6.07, 6.45) is 1.74. The predicted molar refractivity (Wildman–Crippen MR) is 64.3 cm³/mol. The number of piperazine rings is 1.